The summed E-state index contributed by atoms with van der Waals surface area (Å²) in [6, 6.07) is 0. The second-order valence-electron chi connectivity index (χ2n) is 6.46. The van der Waals surface area contributed by atoms with E-state index in [2.05, 4.69) is 0 Å². The molecule has 21 heavy (non-hydrogen) atoms. The van der Waals surface area contributed by atoms with Crippen molar-refractivity contribution in [3.63, 3.8) is 0 Å². The Kier molecular flexibility index (Phi) is 10.0. The number of carboxylic acid groups (broad SMARTS) is 2. The monoisotopic (exact) mass is 302 g/mol. The predicted octanol–water partition coefficient (Wildman–Crippen LogP) is 3.57. The first-order valence-electron chi connectivity index (χ1n) is 7.78. The number of carboxylic acids is 2. The third kappa shape index (κ3) is 11.3. The lowest BCUT2D eigenvalue weighted by atomic mass is 9.87. The van der Waals surface area contributed by atoms with Crippen LogP contribution in [0, 0.1) is 11.3 Å². The fourth-order valence-corrected chi connectivity index (χ4v) is 2.08. The van der Waals surface area contributed by atoms with Gasteiger partial charge in [-0.15, -0.1) is 0 Å². The lowest BCUT2D eigenvalue weighted by molar-refractivity contribution is -0.147. The standard InChI is InChI=1S/C16H30O5/c1-13(12-14(17)18)8-4-6-10-21-11-7-5-9-16(2,3)15(19)20/h13H,4-12H2,1-3H3,(H,17,18)(H,19,20). The van der Waals surface area contributed by atoms with Gasteiger partial charge in [-0.1, -0.05) is 26.2 Å². The fourth-order valence-electron chi connectivity index (χ4n) is 2.08. The van der Waals surface area contributed by atoms with Crippen LogP contribution in [-0.4, -0.2) is 35.4 Å². The summed E-state index contributed by atoms with van der Waals surface area (Å²) in [5.41, 5.74) is -0.653. The molecular weight excluding hydrogens is 272 g/mol. The van der Waals surface area contributed by atoms with Crippen molar-refractivity contribution in [3.05, 3.63) is 0 Å². The molecular formula is C16H30O5. The Hall–Kier alpha value is -1.10. The van der Waals surface area contributed by atoms with E-state index < -0.39 is 17.4 Å². The van der Waals surface area contributed by atoms with Gasteiger partial charge >= 0.3 is 11.9 Å². The molecule has 1 unspecified atom stereocenters. The molecule has 0 radical (unpaired) electrons. The maximum absolute atomic E-state index is 10.9. The molecule has 0 aromatic carbocycles. The van der Waals surface area contributed by atoms with Crippen LogP contribution in [0.4, 0.5) is 0 Å². The summed E-state index contributed by atoms with van der Waals surface area (Å²) < 4.78 is 5.51. The topological polar surface area (TPSA) is 83.8 Å². The number of rotatable bonds is 13. The average Bonchev–Trinajstić information content (AvgIpc) is 2.35. The normalized spacial score (nSPS) is 13.1. The molecule has 0 aromatic rings. The van der Waals surface area contributed by atoms with E-state index in [9.17, 15) is 9.59 Å². The molecule has 0 heterocycles. The molecule has 124 valence electrons. The number of unbranched alkanes of at least 4 members (excludes halogenated alkanes) is 2. The summed E-state index contributed by atoms with van der Waals surface area (Å²) in [4.78, 5) is 21.4. The molecule has 5 nitrogen and oxygen atoms in total. The fraction of sp³-hybridized carbons (Fsp3) is 0.875. The first kappa shape index (κ1) is 19.9. The number of carbonyl (C=O) groups is 2. The van der Waals surface area contributed by atoms with E-state index in [1.165, 1.54) is 0 Å². The van der Waals surface area contributed by atoms with E-state index in [1.54, 1.807) is 13.8 Å². The Morgan fingerprint density at radius 2 is 1.62 bits per heavy atom. The highest BCUT2D eigenvalue weighted by Gasteiger charge is 2.25. The molecule has 0 amide bonds. The van der Waals surface area contributed by atoms with Gasteiger partial charge in [0.15, 0.2) is 0 Å². The Morgan fingerprint density at radius 1 is 1.05 bits per heavy atom. The minimum Gasteiger partial charge on any atom is -0.481 e. The molecule has 1 atom stereocenters. The van der Waals surface area contributed by atoms with Gasteiger partial charge in [-0.3, -0.25) is 9.59 Å². The average molecular weight is 302 g/mol. The zero-order valence-corrected chi connectivity index (χ0v) is 13.6. The largest absolute Gasteiger partial charge is 0.481 e. The van der Waals surface area contributed by atoms with Crippen molar-refractivity contribution in [1.82, 2.24) is 0 Å². The number of hydrogen-bond donors (Lipinski definition) is 2. The van der Waals surface area contributed by atoms with Gasteiger partial charge < -0.3 is 14.9 Å². The molecule has 0 aliphatic rings. The smallest absolute Gasteiger partial charge is 0.309 e. The minimum absolute atomic E-state index is 0.223. The Balaban J connectivity index is 3.38. The van der Waals surface area contributed by atoms with Crippen LogP contribution in [0.3, 0.4) is 0 Å². The molecule has 0 aliphatic heterocycles. The van der Waals surface area contributed by atoms with Crippen LogP contribution in [0.1, 0.15) is 65.7 Å². The maximum atomic E-state index is 10.9. The third-order valence-electron chi connectivity index (χ3n) is 3.68. The summed E-state index contributed by atoms with van der Waals surface area (Å²) in [6.07, 6.45) is 5.49. The Morgan fingerprint density at radius 3 is 2.14 bits per heavy atom. The van der Waals surface area contributed by atoms with Crippen LogP contribution in [0.25, 0.3) is 0 Å². The number of ether oxygens (including phenoxy) is 1. The van der Waals surface area contributed by atoms with Crippen molar-refractivity contribution in [3.8, 4) is 0 Å². The van der Waals surface area contributed by atoms with E-state index >= 15 is 0 Å². The highest BCUT2D eigenvalue weighted by atomic mass is 16.5. The summed E-state index contributed by atoms with van der Waals surface area (Å²) in [7, 11) is 0. The highest BCUT2D eigenvalue weighted by molar-refractivity contribution is 5.73. The second kappa shape index (κ2) is 10.6. The first-order chi connectivity index (χ1) is 9.75. The van der Waals surface area contributed by atoms with Crippen molar-refractivity contribution in [2.24, 2.45) is 11.3 Å². The van der Waals surface area contributed by atoms with E-state index in [4.69, 9.17) is 14.9 Å². The molecule has 0 bridgehead atoms. The maximum Gasteiger partial charge on any atom is 0.309 e. The summed E-state index contributed by atoms with van der Waals surface area (Å²) in [5.74, 6) is -1.26. The minimum atomic E-state index is -0.751. The van der Waals surface area contributed by atoms with Crippen molar-refractivity contribution in [1.29, 1.82) is 0 Å². The van der Waals surface area contributed by atoms with Crippen molar-refractivity contribution in [2.45, 2.75) is 65.7 Å². The van der Waals surface area contributed by atoms with Gasteiger partial charge in [0.2, 0.25) is 0 Å². The van der Waals surface area contributed by atoms with Gasteiger partial charge in [0.25, 0.3) is 0 Å². The molecule has 0 spiro atoms. The number of aliphatic carboxylic acids is 2. The second-order valence-corrected chi connectivity index (χ2v) is 6.46. The molecule has 0 fully saturated rings. The van der Waals surface area contributed by atoms with Gasteiger partial charge in [-0.25, -0.2) is 0 Å². The predicted molar refractivity (Wildman–Crippen MR) is 81.4 cm³/mol. The van der Waals surface area contributed by atoms with E-state index in [0.29, 0.717) is 19.6 Å². The zero-order chi connectivity index (χ0) is 16.3. The van der Waals surface area contributed by atoms with Crippen LogP contribution in [0.5, 0.6) is 0 Å². The number of hydrogen-bond acceptors (Lipinski definition) is 3. The van der Waals surface area contributed by atoms with E-state index in [-0.39, 0.29) is 12.3 Å². The van der Waals surface area contributed by atoms with Crippen LogP contribution in [0.15, 0.2) is 0 Å². The molecule has 0 rings (SSSR count). The van der Waals surface area contributed by atoms with Crippen LogP contribution < -0.4 is 0 Å². The first-order valence-corrected chi connectivity index (χ1v) is 7.78. The van der Waals surface area contributed by atoms with Crippen LogP contribution >= 0.6 is 0 Å². The van der Waals surface area contributed by atoms with Gasteiger partial charge in [0, 0.05) is 19.6 Å². The molecule has 0 aliphatic carbocycles. The molecule has 0 saturated heterocycles. The SMILES string of the molecule is CC(CCCCOCCCCC(C)(C)C(=O)O)CC(=O)O. The zero-order valence-electron chi connectivity index (χ0n) is 13.6. The van der Waals surface area contributed by atoms with Gasteiger partial charge in [0.05, 0.1) is 5.41 Å². The van der Waals surface area contributed by atoms with Crippen LogP contribution in [0.2, 0.25) is 0 Å². The molecule has 5 heteroatoms. The van der Waals surface area contributed by atoms with E-state index in [1.807, 2.05) is 6.92 Å². The van der Waals surface area contributed by atoms with Crippen molar-refractivity contribution in [2.75, 3.05) is 13.2 Å². The molecule has 0 saturated carbocycles. The van der Waals surface area contributed by atoms with Crippen molar-refractivity contribution >= 4 is 11.9 Å². The molecule has 2 N–H and O–H groups in total. The van der Waals surface area contributed by atoms with Gasteiger partial charge in [-0.2, -0.15) is 0 Å². The summed E-state index contributed by atoms with van der Waals surface area (Å²) in [5, 5.41) is 17.6. The van der Waals surface area contributed by atoms with Crippen molar-refractivity contribution < 1.29 is 24.5 Å². The van der Waals surface area contributed by atoms with Crippen LogP contribution in [-0.2, 0) is 14.3 Å². The Bertz CT molecular complexity index is 312. The lowest BCUT2D eigenvalue weighted by Crippen LogP contribution is -2.23. The van der Waals surface area contributed by atoms with E-state index in [0.717, 1.165) is 32.1 Å². The van der Waals surface area contributed by atoms with Gasteiger partial charge in [-0.05, 0) is 39.0 Å². The quantitative estimate of drug-likeness (QED) is 0.508. The highest BCUT2D eigenvalue weighted by Crippen LogP contribution is 2.23. The molecule has 0 aromatic heterocycles. The summed E-state index contributed by atoms with van der Waals surface area (Å²) in [6.45, 7) is 6.81. The third-order valence-corrected chi connectivity index (χ3v) is 3.68. The summed E-state index contributed by atoms with van der Waals surface area (Å²) >= 11 is 0. The Labute approximate surface area is 127 Å². The van der Waals surface area contributed by atoms with Gasteiger partial charge in [0.1, 0.15) is 0 Å². The lowest BCUT2D eigenvalue weighted by Gasteiger charge is -2.18.